The summed E-state index contributed by atoms with van der Waals surface area (Å²) in [5, 5.41) is 3.00. The quantitative estimate of drug-likeness (QED) is 0.544. The molecule has 1 N–H and O–H groups in total. The molecule has 1 fully saturated rings. The Bertz CT molecular complexity index is 1160. The fourth-order valence-electron chi connectivity index (χ4n) is 4.30. The van der Waals surface area contributed by atoms with Gasteiger partial charge in [0, 0.05) is 43.9 Å². The highest BCUT2D eigenvalue weighted by Gasteiger charge is 2.25. The number of carbonyl (C=O) groups is 1. The van der Waals surface area contributed by atoms with Crippen molar-refractivity contribution in [1.82, 2.24) is 14.9 Å². The van der Waals surface area contributed by atoms with Crippen molar-refractivity contribution in [3.05, 3.63) is 71.2 Å². The molecule has 0 spiro atoms. The van der Waals surface area contributed by atoms with E-state index >= 15 is 0 Å². The molecule has 1 saturated heterocycles. The molecule has 8 nitrogen and oxygen atoms in total. The fraction of sp³-hybridized carbons (Fsp3) is 0.370. The van der Waals surface area contributed by atoms with Crippen LogP contribution in [0.25, 0.3) is 0 Å². The smallest absolute Gasteiger partial charge is 0.322 e. The summed E-state index contributed by atoms with van der Waals surface area (Å²) in [6, 6.07) is 15.5. The van der Waals surface area contributed by atoms with Gasteiger partial charge in [0.15, 0.2) is 0 Å². The van der Waals surface area contributed by atoms with Crippen LogP contribution in [0.3, 0.4) is 0 Å². The monoisotopic (exact) mass is 475 g/mol. The van der Waals surface area contributed by atoms with E-state index in [-0.39, 0.29) is 6.03 Å². The number of benzene rings is 2. The van der Waals surface area contributed by atoms with Gasteiger partial charge in [-0.2, -0.15) is 0 Å². The average molecular weight is 476 g/mol. The lowest BCUT2D eigenvalue weighted by Gasteiger charge is -2.36. The number of nitrogens with one attached hydrogen (secondary N) is 1. The minimum Gasteiger partial charge on any atom is -0.497 e. The van der Waals surface area contributed by atoms with Crippen LogP contribution in [0.2, 0.25) is 0 Å². The van der Waals surface area contributed by atoms with Crippen LogP contribution in [0.15, 0.2) is 48.5 Å². The number of rotatable bonds is 7. The van der Waals surface area contributed by atoms with E-state index in [4.69, 9.17) is 14.5 Å². The van der Waals surface area contributed by atoms with Crippen molar-refractivity contribution in [3.8, 4) is 11.5 Å². The third-order valence-electron chi connectivity index (χ3n) is 6.14. The Morgan fingerprint density at radius 1 is 1.00 bits per heavy atom. The zero-order valence-corrected chi connectivity index (χ0v) is 20.9. The topological polar surface area (TPSA) is 79.8 Å². The zero-order chi connectivity index (χ0) is 24.8. The summed E-state index contributed by atoms with van der Waals surface area (Å²) < 4.78 is 10.9. The molecule has 4 rings (SSSR count). The van der Waals surface area contributed by atoms with Gasteiger partial charge in [-0.25, -0.2) is 14.8 Å². The molecular weight excluding hydrogens is 442 g/mol. The molecule has 0 bridgehead atoms. The molecule has 0 radical (unpaired) electrons. The predicted octanol–water partition coefficient (Wildman–Crippen LogP) is 4.45. The number of aromatic nitrogens is 2. The van der Waals surface area contributed by atoms with Gasteiger partial charge in [0.2, 0.25) is 0 Å². The van der Waals surface area contributed by atoms with E-state index in [0.29, 0.717) is 44.2 Å². The molecule has 2 amide bonds. The highest BCUT2D eigenvalue weighted by Crippen LogP contribution is 2.27. The normalized spacial score (nSPS) is 13.5. The van der Waals surface area contributed by atoms with E-state index in [2.05, 4.69) is 27.3 Å². The summed E-state index contributed by atoms with van der Waals surface area (Å²) >= 11 is 0. The number of aryl methyl sites for hydroxylation is 2. The Balaban J connectivity index is 1.45. The highest BCUT2D eigenvalue weighted by atomic mass is 16.5. The van der Waals surface area contributed by atoms with Crippen molar-refractivity contribution >= 4 is 17.5 Å². The Labute approximate surface area is 206 Å². The van der Waals surface area contributed by atoms with Crippen LogP contribution in [0, 0.1) is 13.8 Å². The number of methoxy groups -OCH3 is 1. The summed E-state index contributed by atoms with van der Waals surface area (Å²) in [5.74, 6) is 3.22. The van der Waals surface area contributed by atoms with Crippen molar-refractivity contribution in [2.24, 2.45) is 0 Å². The number of hydrogen-bond donors (Lipinski definition) is 1. The molecule has 8 heteroatoms. The van der Waals surface area contributed by atoms with Crippen LogP contribution in [0.4, 0.5) is 16.3 Å². The Kier molecular flexibility index (Phi) is 7.70. The third kappa shape index (κ3) is 5.82. The van der Waals surface area contributed by atoms with Crippen molar-refractivity contribution in [3.63, 3.8) is 0 Å². The molecule has 1 aromatic heterocycles. The summed E-state index contributed by atoms with van der Waals surface area (Å²) in [6.45, 7) is 9.04. The van der Waals surface area contributed by atoms with Gasteiger partial charge in [-0.15, -0.1) is 0 Å². The molecule has 0 aliphatic carbocycles. The van der Waals surface area contributed by atoms with Crippen LogP contribution in [0.1, 0.15) is 29.6 Å². The third-order valence-corrected chi connectivity index (χ3v) is 6.14. The second kappa shape index (κ2) is 11.1. The number of piperazine rings is 1. The molecular formula is C27H33N5O3. The molecule has 184 valence electrons. The predicted molar refractivity (Wildman–Crippen MR) is 138 cm³/mol. The fourth-order valence-corrected chi connectivity index (χ4v) is 4.30. The van der Waals surface area contributed by atoms with Crippen LogP contribution >= 0.6 is 0 Å². The van der Waals surface area contributed by atoms with Gasteiger partial charge >= 0.3 is 6.03 Å². The zero-order valence-electron chi connectivity index (χ0n) is 20.9. The summed E-state index contributed by atoms with van der Waals surface area (Å²) in [7, 11) is 1.67. The maximum absolute atomic E-state index is 12.9. The minimum atomic E-state index is -0.120. The molecule has 35 heavy (non-hydrogen) atoms. The molecule has 0 unspecified atom stereocenters. The lowest BCUT2D eigenvalue weighted by molar-refractivity contribution is 0.208. The molecule has 2 aromatic carbocycles. The van der Waals surface area contributed by atoms with E-state index in [1.807, 2.05) is 62.1 Å². The van der Waals surface area contributed by atoms with Gasteiger partial charge in [0.1, 0.15) is 23.1 Å². The van der Waals surface area contributed by atoms with Crippen LogP contribution in [-0.4, -0.2) is 60.8 Å². The number of anilines is 2. The number of ether oxygens (including phenoxy) is 2. The Hall–Kier alpha value is -3.81. The van der Waals surface area contributed by atoms with Crippen molar-refractivity contribution in [1.29, 1.82) is 0 Å². The Morgan fingerprint density at radius 2 is 1.71 bits per heavy atom. The number of hydrogen-bond acceptors (Lipinski definition) is 6. The maximum atomic E-state index is 12.9. The SMILES string of the molecule is CCOc1ccccc1NC(=O)N1CCN(c2nc(C)nc(C)c2Cc2ccc(OC)cc2)CC1. The highest BCUT2D eigenvalue weighted by molar-refractivity contribution is 5.91. The Morgan fingerprint density at radius 3 is 2.40 bits per heavy atom. The lowest BCUT2D eigenvalue weighted by atomic mass is 10.0. The van der Waals surface area contributed by atoms with Gasteiger partial charge in [0.25, 0.3) is 0 Å². The first-order valence-corrected chi connectivity index (χ1v) is 12.0. The van der Waals surface area contributed by atoms with Gasteiger partial charge in [-0.1, -0.05) is 24.3 Å². The van der Waals surface area contributed by atoms with Gasteiger partial charge in [0.05, 0.1) is 19.4 Å². The van der Waals surface area contributed by atoms with Gasteiger partial charge < -0.3 is 24.6 Å². The van der Waals surface area contributed by atoms with Gasteiger partial charge in [-0.3, -0.25) is 0 Å². The first-order valence-electron chi connectivity index (χ1n) is 12.0. The van der Waals surface area contributed by atoms with E-state index in [1.165, 1.54) is 5.56 Å². The number of para-hydroxylation sites is 2. The minimum absolute atomic E-state index is 0.120. The van der Waals surface area contributed by atoms with Gasteiger partial charge in [-0.05, 0) is 50.6 Å². The van der Waals surface area contributed by atoms with Crippen LogP contribution < -0.4 is 19.7 Å². The summed E-state index contributed by atoms with van der Waals surface area (Å²) in [5.41, 5.74) is 3.96. The molecule has 2 heterocycles. The van der Waals surface area contributed by atoms with E-state index in [1.54, 1.807) is 7.11 Å². The second-order valence-electron chi connectivity index (χ2n) is 8.52. The number of amides is 2. The first-order chi connectivity index (χ1) is 17.0. The van der Waals surface area contributed by atoms with Crippen molar-refractivity contribution < 1.29 is 14.3 Å². The standard InChI is InChI=1S/C27H33N5O3/c1-5-35-25-9-7-6-8-24(25)30-27(33)32-16-14-31(15-17-32)26-23(19(2)28-20(3)29-26)18-21-10-12-22(34-4)13-11-21/h6-13H,5,14-18H2,1-4H3,(H,30,33). The molecule has 0 atom stereocenters. The van der Waals surface area contributed by atoms with E-state index in [9.17, 15) is 4.79 Å². The van der Waals surface area contributed by atoms with Crippen LogP contribution in [0.5, 0.6) is 11.5 Å². The summed E-state index contributed by atoms with van der Waals surface area (Å²) in [6.07, 6.45) is 0.736. The lowest BCUT2D eigenvalue weighted by Crippen LogP contribution is -2.50. The van der Waals surface area contributed by atoms with E-state index < -0.39 is 0 Å². The first kappa shape index (κ1) is 24.3. The van der Waals surface area contributed by atoms with Crippen molar-refractivity contribution in [2.75, 3.05) is 50.1 Å². The second-order valence-corrected chi connectivity index (χ2v) is 8.52. The number of carbonyl (C=O) groups excluding carboxylic acids is 1. The number of urea groups is 1. The van der Waals surface area contributed by atoms with Crippen LogP contribution in [-0.2, 0) is 6.42 Å². The van der Waals surface area contributed by atoms with Crippen molar-refractivity contribution in [2.45, 2.75) is 27.2 Å². The average Bonchev–Trinajstić information content (AvgIpc) is 2.87. The molecule has 3 aromatic rings. The summed E-state index contributed by atoms with van der Waals surface area (Å²) in [4.78, 5) is 26.5. The largest absolute Gasteiger partial charge is 0.497 e. The molecule has 0 saturated carbocycles. The molecule has 1 aliphatic heterocycles. The molecule has 1 aliphatic rings. The maximum Gasteiger partial charge on any atom is 0.322 e. The van der Waals surface area contributed by atoms with E-state index in [0.717, 1.165) is 35.1 Å². The number of nitrogens with zero attached hydrogens (tertiary/aromatic N) is 4.